The fourth-order valence-electron chi connectivity index (χ4n) is 3.18. The van der Waals surface area contributed by atoms with E-state index in [9.17, 15) is 0 Å². The van der Waals surface area contributed by atoms with Crippen LogP contribution in [0.15, 0.2) is 61.1 Å². The molecule has 1 aromatic carbocycles. The Morgan fingerprint density at radius 2 is 1.88 bits per heavy atom. The molecule has 0 aliphatic carbocycles. The van der Waals surface area contributed by atoms with Gasteiger partial charge in [0.1, 0.15) is 0 Å². The van der Waals surface area contributed by atoms with Crippen LogP contribution in [0.4, 0.5) is 0 Å². The van der Waals surface area contributed by atoms with Gasteiger partial charge in [-0.3, -0.25) is 9.67 Å². The van der Waals surface area contributed by atoms with Gasteiger partial charge < -0.3 is 4.74 Å². The number of hydrogen-bond acceptors (Lipinski definition) is 3. The van der Waals surface area contributed by atoms with E-state index in [0.29, 0.717) is 6.10 Å². The molecule has 0 saturated carbocycles. The van der Waals surface area contributed by atoms with Gasteiger partial charge in [-0.15, -0.1) is 0 Å². The Labute approximate surface area is 142 Å². The van der Waals surface area contributed by atoms with Gasteiger partial charge in [-0.2, -0.15) is 5.10 Å². The molecule has 0 N–H and O–H groups in total. The van der Waals surface area contributed by atoms with Crippen LogP contribution >= 0.6 is 0 Å². The molecule has 0 bridgehead atoms. The number of ether oxygens (including phenoxy) is 1. The summed E-state index contributed by atoms with van der Waals surface area (Å²) < 4.78 is 7.81. The van der Waals surface area contributed by atoms with Gasteiger partial charge in [-0.05, 0) is 54.7 Å². The summed E-state index contributed by atoms with van der Waals surface area (Å²) in [4.78, 5) is 4.08. The molecule has 1 fully saturated rings. The number of hydrogen-bond donors (Lipinski definition) is 0. The largest absolute Gasteiger partial charge is 0.376 e. The molecule has 122 valence electrons. The molecule has 2 aromatic heterocycles. The highest BCUT2D eigenvalue weighted by atomic mass is 16.5. The molecule has 1 aliphatic rings. The summed E-state index contributed by atoms with van der Waals surface area (Å²) in [6.45, 7) is 1.72. The van der Waals surface area contributed by atoms with E-state index in [1.54, 1.807) is 0 Å². The second-order valence-electron chi connectivity index (χ2n) is 6.23. The van der Waals surface area contributed by atoms with Gasteiger partial charge in [-0.25, -0.2) is 0 Å². The minimum Gasteiger partial charge on any atom is -0.376 e. The lowest BCUT2D eigenvalue weighted by Gasteiger charge is -2.22. The van der Waals surface area contributed by atoms with Gasteiger partial charge in [0.05, 0.1) is 18.3 Å². The molecule has 0 spiro atoms. The molecule has 1 saturated heterocycles. The van der Waals surface area contributed by atoms with Gasteiger partial charge in [0.2, 0.25) is 0 Å². The first-order chi connectivity index (χ1) is 11.9. The van der Waals surface area contributed by atoms with Gasteiger partial charge in [-0.1, -0.05) is 18.2 Å². The minimum atomic E-state index is 0.301. The van der Waals surface area contributed by atoms with E-state index in [-0.39, 0.29) is 0 Å². The van der Waals surface area contributed by atoms with Gasteiger partial charge in [0.15, 0.2) is 0 Å². The smallest absolute Gasteiger partial charge is 0.0923 e. The van der Waals surface area contributed by atoms with Crippen molar-refractivity contribution in [3.05, 3.63) is 61.1 Å². The number of nitrogens with zero attached hydrogens (tertiary/aromatic N) is 3. The first kappa shape index (κ1) is 15.1. The lowest BCUT2D eigenvalue weighted by molar-refractivity contribution is 0.00403. The maximum absolute atomic E-state index is 5.81. The lowest BCUT2D eigenvalue weighted by Crippen LogP contribution is -2.24. The molecular formula is C20H21N3O. The van der Waals surface area contributed by atoms with Crippen molar-refractivity contribution in [2.45, 2.75) is 31.9 Å². The first-order valence-electron chi connectivity index (χ1n) is 8.54. The monoisotopic (exact) mass is 319 g/mol. The SMILES string of the molecule is c1cc(-c2ccncc2)cc(-c2ccn(C[C@@H]3CCCCO3)n2)c1. The molecule has 4 heteroatoms. The fourth-order valence-corrected chi connectivity index (χ4v) is 3.18. The van der Waals surface area contributed by atoms with Crippen LogP contribution in [0.3, 0.4) is 0 Å². The number of aromatic nitrogens is 3. The minimum absolute atomic E-state index is 0.301. The molecule has 24 heavy (non-hydrogen) atoms. The predicted molar refractivity (Wildman–Crippen MR) is 94.5 cm³/mol. The normalized spacial score (nSPS) is 17.8. The van der Waals surface area contributed by atoms with E-state index in [2.05, 4.69) is 35.3 Å². The Morgan fingerprint density at radius 1 is 1.00 bits per heavy atom. The molecule has 3 heterocycles. The number of benzene rings is 1. The van der Waals surface area contributed by atoms with Crippen molar-refractivity contribution < 1.29 is 4.74 Å². The van der Waals surface area contributed by atoms with Crippen LogP contribution in [0.1, 0.15) is 19.3 Å². The van der Waals surface area contributed by atoms with Crippen molar-refractivity contribution >= 4 is 0 Å². The summed E-state index contributed by atoms with van der Waals surface area (Å²) >= 11 is 0. The van der Waals surface area contributed by atoms with Crippen molar-refractivity contribution in [3.63, 3.8) is 0 Å². The predicted octanol–water partition coefficient (Wildman–Crippen LogP) is 4.18. The number of rotatable bonds is 4. The van der Waals surface area contributed by atoms with Crippen LogP contribution < -0.4 is 0 Å². The molecule has 4 rings (SSSR count). The van der Waals surface area contributed by atoms with Gasteiger partial charge in [0, 0.05) is 30.8 Å². The first-order valence-corrected chi connectivity index (χ1v) is 8.54. The fraction of sp³-hybridized carbons (Fsp3) is 0.300. The average molecular weight is 319 g/mol. The highest BCUT2D eigenvalue weighted by molar-refractivity contribution is 5.70. The summed E-state index contributed by atoms with van der Waals surface area (Å²) in [5.41, 5.74) is 4.48. The van der Waals surface area contributed by atoms with Crippen molar-refractivity contribution in [2.24, 2.45) is 0 Å². The van der Waals surface area contributed by atoms with Crippen LogP contribution in [0.25, 0.3) is 22.4 Å². The summed E-state index contributed by atoms with van der Waals surface area (Å²) in [7, 11) is 0. The van der Waals surface area contributed by atoms with E-state index >= 15 is 0 Å². The molecule has 0 amide bonds. The lowest BCUT2D eigenvalue weighted by atomic mass is 10.0. The van der Waals surface area contributed by atoms with Gasteiger partial charge in [0.25, 0.3) is 0 Å². The Morgan fingerprint density at radius 3 is 2.71 bits per heavy atom. The standard InChI is InChI=1S/C20H21N3O/c1-2-13-24-19(6-1)15-23-12-9-20(22-23)18-5-3-4-17(14-18)16-7-10-21-11-8-16/h3-5,7-12,14,19H,1-2,6,13,15H2/t19-/m0/s1. The molecule has 0 unspecified atom stereocenters. The zero-order valence-electron chi connectivity index (χ0n) is 13.6. The van der Waals surface area contributed by atoms with Crippen molar-refractivity contribution in [2.75, 3.05) is 6.61 Å². The number of pyridine rings is 1. The van der Waals surface area contributed by atoms with Crippen LogP contribution in [0.5, 0.6) is 0 Å². The van der Waals surface area contributed by atoms with Gasteiger partial charge >= 0.3 is 0 Å². The van der Waals surface area contributed by atoms with E-state index in [4.69, 9.17) is 9.84 Å². The highest BCUT2D eigenvalue weighted by Crippen LogP contribution is 2.25. The Balaban J connectivity index is 1.54. The summed E-state index contributed by atoms with van der Waals surface area (Å²) in [5.74, 6) is 0. The second kappa shape index (κ2) is 6.97. The Hall–Kier alpha value is -2.46. The zero-order chi connectivity index (χ0) is 16.2. The van der Waals surface area contributed by atoms with E-state index in [1.807, 2.05) is 35.4 Å². The molecule has 4 nitrogen and oxygen atoms in total. The van der Waals surface area contributed by atoms with E-state index in [0.717, 1.165) is 30.8 Å². The van der Waals surface area contributed by atoms with Crippen LogP contribution in [-0.2, 0) is 11.3 Å². The molecular weight excluding hydrogens is 298 g/mol. The summed E-state index contributed by atoms with van der Waals surface area (Å²) in [6, 6.07) is 14.6. The van der Waals surface area contributed by atoms with Crippen LogP contribution in [0, 0.1) is 0 Å². The van der Waals surface area contributed by atoms with Crippen molar-refractivity contribution in [1.29, 1.82) is 0 Å². The van der Waals surface area contributed by atoms with Crippen molar-refractivity contribution in [3.8, 4) is 22.4 Å². The average Bonchev–Trinajstić information content (AvgIpc) is 3.12. The Kier molecular flexibility index (Phi) is 4.38. The maximum Gasteiger partial charge on any atom is 0.0923 e. The second-order valence-corrected chi connectivity index (χ2v) is 6.23. The van der Waals surface area contributed by atoms with E-state index < -0.39 is 0 Å². The highest BCUT2D eigenvalue weighted by Gasteiger charge is 2.15. The topological polar surface area (TPSA) is 39.9 Å². The molecule has 3 aromatic rings. The van der Waals surface area contributed by atoms with Crippen LogP contribution in [-0.4, -0.2) is 27.5 Å². The maximum atomic E-state index is 5.81. The van der Waals surface area contributed by atoms with Crippen LogP contribution in [0.2, 0.25) is 0 Å². The third kappa shape index (κ3) is 3.39. The Bertz CT molecular complexity index is 791. The molecule has 0 radical (unpaired) electrons. The zero-order valence-corrected chi connectivity index (χ0v) is 13.6. The third-order valence-electron chi connectivity index (χ3n) is 4.48. The third-order valence-corrected chi connectivity index (χ3v) is 4.48. The van der Waals surface area contributed by atoms with E-state index in [1.165, 1.54) is 24.0 Å². The quantitative estimate of drug-likeness (QED) is 0.724. The van der Waals surface area contributed by atoms with Crippen molar-refractivity contribution in [1.82, 2.24) is 14.8 Å². The summed E-state index contributed by atoms with van der Waals surface area (Å²) in [6.07, 6.45) is 9.56. The molecule has 1 aliphatic heterocycles. The molecule has 1 atom stereocenters. The summed E-state index contributed by atoms with van der Waals surface area (Å²) in [5, 5.41) is 4.73.